The number of aryl methyl sites for hydroxylation is 1. The van der Waals surface area contributed by atoms with Crippen molar-refractivity contribution < 1.29 is 14.3 Å². The van der Waals surface area contributed by atoms with Crippen LogP contribution in [0.3, 0.4) is 0 Å². The van der Waals surface area contributed by atoms with Gasteiger partial charge in [-0.05, 0) is 99.4 Å². The molecule has 4 aromatic heterocycles. The molecule has 2 aliphatic heterocycles. The first kappa shape index (κ1) is 35.4. The Labute approximate surface area is 315 Å². The molecule has 8 rings (SSSR count). The number of nitrogens with zero attached hydrogens (tertiary/aromatic N) is 6. The maximum Gasteiger partial charge on any atom is 0.178 e. The fourth-order valence-electron chi connectivity index (χ4n) is 6.65. The molecule has 3 fully saturated rings. The molecule has 0 spiro atoms. The van der Waals surface area contributed by atoms with Gasteiger partial charge in [0.1, 0.15) is 3.70 Å². The zero-order chi connectivity index (χ0) is 35.0. The van der Waals surface area contributed by atoms with Gasteiger partial charge in [-0.15, -0.1) is 0 Å². The lowest BCUT2D eigenvalue weighted by Gasteiger charge is -2.24. The Morgan fingerprint density at radius 3 is 2.04 bits per heavy atom. The minimum Gasteiger partial charge on any atom is -0.379 e. The largest absolute Gasteiger partial charge is 0.379 e. The van der Waals surface area contributed by atoms with Crippen LogP contribution in [0, 0.1) is 16.5 Å². The lowest BCUT2D eigenvalue weighted by atomic mass is 9.98. The fraction of sp³-hybridized carbons (Fsp3) is 0.472. The number of Topliss-reactive ketones (excluding diaryl/α,β-unsaturated/α-hetero) is 1. The number of nitrogens with one attached hydrogen (secondary N) is 2. The van der Waals surface area contributed by atoms with Crippen LogP contribution in [0.5, 0.6) is 0 Å². The van der Waals surface area contributed by atoms with Crippen LogP contribution in [0.4, 0.5) is 11.4 Å². The summed E-state index contributed by atoms with van der Waals surface area (Å²) in [6, 6.07) is 9.54. The van der Waals surface area contributed by atoms with Gasteiger partial charge in [0.05, 0.1) is 40.7 Å². The summed E-state index contributed by atoms with van der Waals surface area (Å²) in [7, 11) is 0. The highest BCUT2D eigenvalue weighted by Gasteiger charge is 2.31. The van der Waals surface area contributed by atoms with Gasteiger partial charge in [0.25, 0.3) is 0 Å². The molecule has 264 valence electrons. The van der Waals surface area contributed by atoms with Crippen LogP contribution < -0.4 is 10.6 Å². The highest BCUT2D eigenvalue weighted by atomic mass is 127. The Hall–Kier alpha value is -3.04. The lowest BCUT2D eigenvalue weighted by molar-refractivity contribution is 0.0313. The van der Waals surface area contributed by atoms with E-state index in [2.05, 4.69) is 67.2 Å². The number of hydrogen-bond acceptors (Lipinski definition) is 9. The number of halogens is 3. The Bertz CT molecular complexity index is 2030. The third-order valence-corrected chi connectivity index (χ3v) is 10.8. The van der Waals surface area contributed by atoms with E-state index in [-0.39, 0.29) is 17.0 Å². The van der Waals surface area contributed by atoms with E-state index < -0.39 is 0 Å². The highest BCUT2D eigenvalue weighted by Crippen LogP contribution is 2.35. The minimum absolute atomic E-state index is 0.105. The summed E-state index contributed by atoms with van der Waals surface area (Å²) in [5.74, 6) is 0.819. The SMILES string of the molecule is CC1(CNc2cc(Cl)nn3c(I)cnc23)CCCO1.Cc1cc(-c2cnc3c(NCC4(C)CCCO4)cc(Cl)nn23)ccc1C(=O)CC1CC1. The number of aromatic nitrogens is 6. The summed E-state index contributed by atoms with van der Waals surface area (Å²) < 4.78 is 16.1. The molecule has 2 atom stereocenters. The molecule has 0 amide bonds. The average molecular weight is 832 g/mol. The quantitative estimate of drug-likeness (QED) is 0.106. The van der Waals surface area contributed by atoms with Gasteiger partial charge in [-0.2, -0.15) is 10.2 Å². The van der Waals surface area contributed by atoms with Crippen molar-refractivity contribution in [3.8, 4) is 11.3 Å². The second-order valence-electron chi connectivity index (χ2n) is 14.1. The number of hydrogen-bond donors (Lipinski definition) is 2. The average Bonchev–Trinajstić information content (AvgIpc) is 3.41. The predicted molar refractivity (Wildman–Crippen MR) is 205 cm³/mol. The smallest absolute Gasteiger partial charge is 0.178 e. The number of ether oxygens (including phenoxy) is 2. The van der Waals surface area contributed by atoms with Crippen molar-refractivity contribution in [2.75, 3.05) is 36.9 Å². The molecule has 2 saturated heterocycles. The zero-order valence-electron chi connectivity index (χ0n) is 28.4. The second-order valence-corrected chi connectivity index (χ2v) is 15.9. The molecule has 2 unspecified atom stereocenters. The van der Waals surface area contributed by atoms with E-state index in [0.29, 0.717) is 34.8 Å². The van der Waals surface area contributed by atoms with Crippen LogP contribution in [0.15, 0.2) is 42.7 Å². The Balaban J connectivity index is 0.000000176. The summed E-state index contributed by atoms with van der Waals surface area (Å²) in [6.07, 6.45) is 10.9. The lowest BCUT2D eigenvalue weighted by Crippen LogP contribution is -2.32. The van der Waals surface area contributed by atoms with Gasteiger partial charge in [-0.1, -0.05) is 35.3 Å². The van der Waals surface area contributed by atoms with Crippen LogP contribution in [0.1, 0.15) is 74.7 Å². The summed E-state index contributed by atoms with van der Waals surface area (Å²) in [5, 5.41) is 16.4. The third kappa shape index (κ3) is 7.89. The monoisotopic (exact) mass is 830 g/mol. The standard InChI is InChI=1S/C24H27ClN4O2.C12H14ClIN4O/c1-15-10-17(6-7-18(15)21(30)11-16-4-5-16)20-13-26-23-19(12-22(25)28-29(20)23)27-14-24(2)8-3-9-31-24;1-12(3-2-4-19-12)7-16-8-5-9(13)17-18-10(14)6-15-11(8)18/h6-7,10,12-13,16,27H,3-5,8-9,11,14H2,1-2H3;5-6,16H,2-4,7H2,1H3. The van der Waals surface area contributed by atoms with E-state index in [0.717, 1.165) is 88.5 Å². The number of fused-ring (bicyclic) bond motifs is 2. The Morgan fingerprint density at radius 1 is 0.900 bits per heavy atom. The number of carbonyl (C=O) groups excluding carboxylic acids is 1. The first-order chi connectivity index (χ1) is 24.0. The minimum atomic E-state index is -0.178. The molecular formula is C36H41Cl2IN8O3. The number of benzene rings is 1. The number of anilines is 2. The van der Waals surface area contributed by atoms with Crippen molar-refractivity contribution in [2.24, 2.45) is 5.92 Å². The van der Waals surface area contributed by atoms with Crippen molar-refractivity contribution in [2.45, 2.75) is 76.9 Å². The van der Waals surface area contributed by atoms with Crippen molar-refractivity contribution in [3.63, 3.8) is 0 Å². The molecule has 5 aromatic rings. The van der Waals surface area contributed by atoms with Crippen LogP contribution in [0.2, 0.25) is 10.3 Å². The number of rotatable bonds is 10. The summed E-state index contributed by atoms with van der Waals surface area (Å²) in [6.45, 7) is 9.31. The molecular weight excluding hydrogens is 790 g/mol. The third-order valence-electron chi connectivity index (χ3n) is 9.73. The molecule has 1 aromatic carbocycles. The van der Waals surface area contributed by atoms with Crippen LogP contribution in [-0.4, -0.2) is 72.5 Å². The van der Waals surface area contributed by atoms with E-state index in [1.165, 1.54) is 12.8 Å². The topological polar surface area (TPSA) is 120 Å². The number of carbonyl (C=O) groups is 1. The first-order valence-electron chi connectivity index (χ1n) is 17.1. The van der Waals surface area contributed by atoms with Gasteiger partial charge in [0, 0.05) is 56.0 Å². The molecule has 1 aliphatic carbocycles. The van der Waals surface area contributed by atoms with Crippen molar-refractivity contribution >= 4 is 74.2 Å². The van der Waals surface area contributed by atoms with Crippen molar-refractivity contribution in [3.05, 3.63) is 67.9 Å². The molecule has 11 nitrogen and oxygen atoms in total. The van der Waals surface area contributed by atoms with E-state index in [4.69, 9.17) is 32.7 Å². The summed E-state index contributed by atoms with van der Waals surface area (Å²) in [5.41, 5.74) is 6.52. The predicted octanol–water partition coefficient (Wildman–Crippen LogP) is 8.29. The highest BCUT2D eigenvalue weighted by molar-refractivity contribution is 14.1. The normalized spacial score (nSPS) is 21.8. The molecule has 14 heteroatoms. The number of ketones is 1. The fourth-order valence-corrected chi connectivity index (χ4v) is 7.50. The van der Waals surface area contributed by atoms with Gasteiger partial charge < -0.3 is 20.1 Å². The maximum absolute atomic E-state index is 12.6. The summed E-state index contributed by atoms with van der Waals surface area (Å²) >= 11 is 14.6. The van der Waals surface area contributed by atoms with Gasteiger partial charge in [0.2, 0.25) is 0 Å². The van der Waals surface area contributed by atoms with E-state index >= 15 is 0 Å². The Kier molecular flexibility index (Phi) is 10.3. The van der Waals surface area contributed by atoms with Gasteiger partial charge >= 0.3 is 0 Å². The zero-order valence-corrected chi connectivity index (χ0v) is 32.1. The van der Waals surface area contributed by atoms with E-state index in [1.807, 2.05) is 25.1 Å². The molecule has 6 heterocycles. The second kappa shape index (κ2) is 14.5. The Morgan fingerprint density at radius 2 is 1.48 bits per heavy atom. The summed E-state index contributed by atoms with van der Waals surface area (Å²) in [4.78, 5) is 21.5. The van der Waals surface area contributed by atoms with Gasteiger partial charge in [-0.3, -0.25) is 4.79 Å². The molecule has 3 aliphatic rings. The van der Waals surface area contributed by atoms with Crippen LogP contribution >= 0.6 is 45.8 Å². The molecule has 0 radical (unpaired) electrons. The van der Waals surface area contributed by atoms with Crippen LogP contribution in [0.25, 0.3) is 22.6 Å². The molecule has 0 bridgehead atoms. The molecule has 2 N–H and O–H groups in total. The first-order valence-corrected chi connectivity index (χ1v) is 19.0. The molecule has 50 heavy (non-hydrogen) atoms. The van der Waals surface area contributed by atoms with E-state index in [9.17, 15) is 4.79 Å². The van der Waals surface area contributed by atoms with E-state index in [1.54, 1.807) is 33.6 Å². The molecule has 1 saturated carbocycles. The van der Waals surface area contributed by atoms with Crippen molar-refractivity contribution in [1.29, 1.82) is 0 Å². The number of imidazole rings is 2. The van der Waals surface area contributed by atoms with Crippen molar-refractivity contribution in [1.82, 2.24) is 29.2 Å². The maximum atomic E-state index is 12.6. The van der Waals surface area contributed by atoms with Crippen LogP contribution in [-0.2, 0) is 9.47 Å². The van der Waals surface area contributed by atoms with Gasteiger partial charge in [0.15, 0.2) is 27.4 Å². The van der Waals surface area contributed by atoms with Gasteiger partial charge in [-0.25, -0.2) is 19.0 Å².